The van der Waals surface area contributed by atoms with Crippen LogP contribution in [0.5, 0.6) is 0 Å². The first kappa shape index (κ1) is 20.4. The number of amides is 1. The van der Waals surface area contributed by atoms with Gasteiger partial charge < -0.3 is 15.4 Å². The van der Waals surface area contributed by atoms with Gasteiger partial charge in [-0.3, -0.25) is 4.79 Å². The van der Waals surface area contributed by atoms with Gasteiger partial charge in [0.05, 0.1) is 12.6 Å². The fourth-order valence-corrected chi connectivity index (χ4v) is 3.26. The normalized spacial score (nSPS) is 19.1. The van der Waals surface area contributed by atoms with E-state index < -0.39 is 30.0 Å². The molecule has 2 aromatic rings. The molecule has 6 nitrogen and oxygen atoms in total. The molecule has 28 heavy (non-hydrogen) atoms. The number of nitrogens with zero attached hydrogens (tertiary/aromatic N) is 2. The zero-order valence-corrected chi connectivity index (χ0v) is 15.4. The number of ether oxygens (including phenoxy) is 1. The molecule has 11 heteroatoms. The second kappa shape index (κ2) is 7.96. The minimum Gasteiger partial charge on any atom is -0.383 e. The lowest BCUT2D eigenvalue weighted by Crippen LogP contribution is -2.36. The van der Waals surface area contributed by atoms with Gasteiger partial charge >= 0.3 is 6.18 Å². The van der Waals surface area contributed by atoms with E-state index in [0.717, 1.165) is 0 Å². The minimum absolute atomic E-state index is 0.110. The number of rotatable bonds is 5. The average Bonchev–Trinajstić information content (AvgIpc) is 2.98. The molecule has 1 aliphatic rings. The SMILES string of the molecule is COCCNC(=O)c1nn2c(c1Cl)NC(c1ccc(F)cc1)CC2C(F)(F)F. The van der Waals surface area contributed by atoms with Crippen molar-refractivity contribution in [2.75, 3.05) is 25.6 Å². The maximum atomic E-state index is 13.7. The van der Waals surface area contributed by atoms with Gasteiger partial charge in [0.15, 0.2) is 11.7 Å². The van der Waals surface area contributed by atoms with Gasteiger partial charge in [0, 0.05) is 20.1 Å². The number of nitrogens with one attached hydrogen (secondary N) is 2. The number of alkyl halides is 3. The van der Waals surface area contributed by atoms with Crippen LogP contribution in [0.15, 0.2) is 24.3 Å². The molecule has 1 aliphatic heterocycles. The van der Waals surface area contributed by atoms with Crippen LogP contribution in [-0.2, 0) is 4.74 Å². The summed E-state index contributed by atoms with van der Waals surface area (Å²) in [5.74, 6) is -1.31. The van der Waals surface area contributed by atoms with E-state index in [1.165, 1.54) is 31.4 Å². The molecule has 2 heterocycles. The van der Waals surface area contributed by atoms with Crippen LogP contribution in [0.1, 0.15) is 34.6 Å². The lowest BCUT2D eigenvalue weighted by molar-refractivity contribution is -0.173. The number of halogens is 5. The van der Waals surface area contributed by atoms with E-state index in [2.05, 4.69) is 15.7 Å². The Labute approximate surface area is 162 Å². The van der Waals surface area contributed by atoms with Crippen molar-refractivity contribution >= 4 is 23.3 Å². The Bertz CT molecular complexity index is 854. The molecular weight excluding hydrogens is 404 g/mol. The zero-order valence-electron chi connectivity index (χ0n) is 14.7. The molecule has 0 saturated heterocycles. The highest BCUT2D eigenvalue weighted by Gasteiger charge is 2.47. The van der Waals surface area contributed by atoms with Crippen LogP contribution in [0.2, 0.25) is 5.02 Å². The zero-order chi connectivity index (χ0) is 20.5. The van der Waals surface area contributed by atoms with Crippen LogP contribution in [0.3, 0.4) is 0 Å². The van der Waals surface area contributed by atoms with Gasteiger partial charge in [-0.2, -0.15) is 18.3 Å². The van der Waals surface area contributed by atoms with Crippen LogP contribution in [0, 0.1) is 5.82 Å². The highest BCUT2D eigenvalue weighted by Crippen LogP contribution is 2.46. The summed E-state index contributed by atoms with van der Waals surface area (Å²) in [6.07, 6.45) is -5.00. The summed E-state index contributed by atoms with van der Waals surface area (Å²) < 4.78 is 59.6. The van der Waals surface area contributed by atoms with Gasteiger partial charge in [0.1, 0.15) is 16.7 Å². The van der Waals surface area contributed by atoms with Crippen molar-refractivity contribution in [1.29, 1.82) is 0 Å². The molecule has 152 valence electrons. The van der Waals surface area contributed by atoms with Crippen molar-refractivity contribution in [3.63, 3.8) is 0 Å². The first-order valence-electron chi connectivity index (χ1n) is 8.36. The average molecular weight is 421 g/mol. The number of anilines is 1. The predicted molar refractivity (Wildman–Crippen MR) is 93.9 cm³/mol. The van der Waals surface area contributed by atoms with E-state index in [1.807, 2.05) is 0 Å². The predicted octanol–water partition coefficient (Wildman–Crippen LogP) is 3.71. The first-order valence-corrected chi connectivity index (χ1v) is 8.74. The van der Waals surface area contributed by atoms with Crippen molar-refractivity contribution in [2.45, 2.75) is 24.7 Å². The monoisotopic (exact) mass is 420 g/mol. The van der Waals surface area contributed by atoms with E-state index in [1.54, 1.807) is 0 Å². The summed E-state index contributed by atoms with van der Waals surface area (Å²) in [6, 6.07) is 2.37. The molecule has 3 rings (SSSR count). The minimum atomic E-state index is -4.62. The standard InChI is InChI=1S/C17H17ClF4N4O2/c1-28-7-6-23-16(27)14-13(18)15-24-11(9-2-4-10(19)5-3-9)8-12(17(20,21)22)26(15)25-14/h2-5,11-12,24H,6-8H2,1H3,(H,23,27). The number of methoxy groups -OCH3 is 1. The summed E-state index contributed by atoms with van der Waals surface area (Å²) in [5, 5.41) is 8.96. The molecule has 2 atom stereocenters. The highest BCUT2D eigenvalue weighted by atomic mass is 35.5. The van der Waals surface area contributed by atoms with E-state index >= 15 is 0 Å². The molecule has 2 unspecified atom stereocenters. The third-order valence-corrected chi connectivity index (χ3v) is 4.73. The number of aromatic nitrogens is 2. The van der Waals surface area contributed by atoms with Crippen LogP contribution in [0.25, 0.3) is 0 Å². The van der Waals surface area contributed by atoms with Crippen molar-refractivity contribution < 1.29 is 27.1 Å². The Kier molecular flexibility index (Phi) is 5.80. The van der Waals surface area contributed by atoms with Gasteiger partial charge in [0.2, 0.25) is 0 Å². The summed E-state index contributed by atoms with van der Waals surface area (Å²) >= 11 is 6.18. The van der Waals surface area contributed by atoms with Crippen molar-refractivity contribution in [2.24, 2.45) is 0 Å². The van der Waals surface area contributed by atoms with Crippen LogP contribution >= 0.6 is 11.6 Å². The maximum absolute atomic E-state index is 13.7. The van der Waals surface area contributed by atoms with Gasteiger partial charge in [0.25, 0.3) is 5.91 Å². The summed E-state index contributed by atoms with van der Waals surface area (Å²) in [4.78, 5) is 12.2. The Balaban J connectivity index is 1.96. The Morgan fingerprint density at radius 2 is 2.07 bits per heavy atom. The smallest absolute Gasteiger partial charge is 0.383 e. The number of fused-ring (bicyclic) bond motifs is 1. The number of hydrogen-bond acceptors (Lipinski definition) is 4. The first-order chi connectivity index (χ1) is 13.2. The molecule has 0 aliphatic carbocycles. The van der Waals surface area contributed by atoms with Crippen LogP contribution in [0.4, 0.5) is 23.4 Å². The Morgan fingerprint density at radius 3 is 2.68 bits per heavy atom. The lowest BCUT2D eigenvalue weighted by atomic mass is 9.97. The lowest BCUT2D eigenvalue weighted by Gasteiger charge is -2.33. The van der Waals surface area contributed by atoms with Crippen LogP contribution in [-0.4, -0.2) is 42.1 Å². The molecule has 0 bridgehead atoms. The summed E-state index contributed by atoms with van der Waals surface area (Å²) in [5.41, 5.74) is 0.152. The molecule has 2 N–H and O–H groups in total. The summed E-state index contributed by atoms with van der Waals surface area (Å²) in [7, 11) is 1.45. The summed E-state index contributed by atoms with van der Waals surface area (Å²) in [6.45, 7) is 0.384. The molecule has 1 aromatic carbocycles. The molecular formula is C17H17ClF4N4O2. The van der Waals surface area contributed by atoms with Crippen molar-refractivity contribution in [3.8, 4) is 0 Å². The number of benzene rings is 1. The fraction of sp³-hybridized carbons (Fsp3) is 0.412. The Morgan fingerprint density at radius 1 is 1.39 bits per heavy atom. The molecule has 0 fully saturated rings. The molecule has 0 spiro atoms. The fourth-order valence-electron chi connectivity index (χ4n) is 3.00. The second-order valence-electron chi connectivity index (χ2n) is 6.25. The van der Waals surface area contributed by atoms with Crippen LogP contribution < -0.4 is 10.6 Å². The second-order valence-corrected chi connectivity index (χ2v) is 6.62. The Hall–Kier alpha value is -2.33. The van der Waals surface area contributed by atoms with E-state index in [-0.39, 0.29) is 36.1 Å². The van der Waals surface area contributed by atoms with Crippen molar-refractivity contribution in [3.05, 3.63) is 46.4 Å². The molecule has 1 aromatic heterocycles. The molecule has 0 saturated carbocycles. The largest absolute Gasteiger partial charge is 0.410 e. The third kappa shape index (κ3) is 4.07. The number of hydrogen-bond donors (Lipinski definition) is 2. The van der Waals surface area contributed by atoms with Gasteiger partial charge in [-0.1, -0.05) is 23.7 Å². The molecule has 1 amide bonds. The maximum Gasteiger partial charge on any atom is 0.410 e. The highest BCUT2D eigenvalue weighted by molar-refractivity contribution is 6.36. The quantitative estimate of drug-likeness (QED) is 0.571. The number of carbonyl (C=O) groups is 1. The van der Waals surface area contributed by atoms with Gasteiger partial charge in [-0.15, -0.1) is 0 Å². The van der Waals surface area contributed by atoms with Gasteiger partial charge in [-0.25, -0.2) is 9.07 Å². The third-order valence-electron chi connectivity index (χ3n) is 4.37. The molecule has 0 radical (unpaired) electrons. The van der Waals surface area contributed by atoms with E-state index in [9.17, 15) is 22.4 Å². The van der Waals surface area contributed by atoms with E-state index in [4.69, 9.17) is 16.3 Å². The van der Waals surface area contributed by atoms with Crippen molar-refractivity contribution in [1.82, 2.24) is 15.1 Å². The van der Waals surface area contributed by atoms with Gasteiger partial charge in [-0.05, 0) is 17.7 Å². The topological polar surface area (TPSA) is 68.2 Å². The number of carbonyl (C=O) groups excluding carboxylic acids is 1. The van der Waals surface area contributed by atoms with E-state index in [0.29, 0.717) is 10.2 Å².